The summed E-state index contributed by atoms with van der Waals surface area (Å²) < 4.78 is 5.08. The summed E-state index contributed by atoms with van der Waals surface area (Å²) in [4.78, 5) is 25.3. The SMILES string of the molecule is CCNC(=NCc1csc(-c2ccccc2)n1)N1CCN(C(=O)OCC)CC1.I. The second-order valence-corrected chi connectivity index (χ2v) is 7.21. The van der Waals surface area contributed by atoms with Crippen molar-refractivity contribution < 1.29 is 9.53 Å². The van der Waals surface area contributed by atoms with Gasteiger partial charge in [0.2, 0.25) is 0 Å². The largest absolute Gasteiger partial charge is 0.450 e. The summed E-state index contributed by atoms with van der Waals surface area (Å²) in [6, 6.07) is 10.2. The van der Waals surface area contributed by atoms with Crippen molar-refractivity contribution in [3.05, 3.63) is 41.4 Å². The zero-order valence-electron chi connectivity index (χ0n) is 16.8. The first-order valence-corrected chi connectivity index (χ1v) is 10.5. The van der Waals surface area contributed by atoms with Crippen LogP contribution in [-0.4, -0.2) is 66.2 Å². The van der Waals surface area contributed by atoms with E-state index < -0.39 is 0 Å². The lowest BCUT2D eigenvalue weighted by atomic mass is 10.2. The Balaban J connectivity index is 0.00000300. The zero-order chi connectivity index (χ0) is 19.8. The van der Waals surface area contributed by atoms with Crippen molar-refractivity contribution in [1.82, 2.24) is 20.1 Å². The number of guanidine groups is 1. The molecule has 3 rings (SSSR count). The first kappa shape index (κ1) is 23.4. The minimum absolute atomic E-state index is 0. The average Bonchev–Trinajstić information content (AvgIpc) is 3.21. The Labute approximate surface area is 193 Å². The average molecular weight is 529 g/mol. The van der Waals surface area contributed by atoms with Gasteiger partial charge in [-0.15, -0.1) is 35.3 Å². The van der Waals surface area contributed by atoms with Crippen molar-refractivity contribution in [3.8, 4) is 10.6 Å². The summed E-state index contributed by atoms with van der Waals surface area (Å²) in [6.45, 7) is 8.35. The first-order chi connectivity index (χ1) is 13.7. The molecule has 1 N–H and O–H groups in total. The molecule has 0 spiro atoms. The molecular formula is C20H28IN5O2S. The van der Waals surface area contributed by atoms with Gasteiger partial charge >= 0.3 is 6.09 Å². The number of amides is 1. The molecule has 0 radical (unpaired) electrons. The van der Waals surface area contributed by atoms with Crippen LogP contribution < -0.4 is 5.32 Å². The van der Waals surface area contributed by atoms with E-state index >= 15 is 0 Å². The highest BCUT2D eigenvalue weighted by Crippen LogP contribution is 2.23. The number of carbonyl (C=O) groups excluding carboxylic acids is 1. The quantitative estimate of drug-likeness (QED) is 0.364. The van der Waals surface area contributed by atoms with Gasteiger partial charge < -0.3 is 19.9 Å². The molecule has 7 nitrogen and oxygen atoms in total. The number of nitrogens with one attached hydrogen (secondary N) is 1. The minimum Gasteiger partial charge on any atom is -0.450 e. The number of aromatic nitrogens is 1. The van der Waals surface area contributed by atoms with E-state index in [1.807, 2.05) is 25.1 Å². The van der Waals surface area contributed by atoms with Crippen molar-refractivity contribution in [2.45, 2.75) is 20.4 Å². The van der Waals surface area contributed by atoms with Gasteiger partial charge in [-0.05, 0) is 13.8 Å². The Morgan fingerprint density at radius 3 is 2.52 bits per heavy atom. The summed E-state index contributed by atoms with van der Waals surface area (Å²) in [7, 11) is 0. The van der Waals surface area contributed by atoms with E-state index in [2.05, 4.69) is 34.7 Å². The molecule has 29 heavy (non-hydrogen) atoms. The monoisotopic (exact) mass is 529 g/mol. The molecule has 0 unspecified atom stereocenters. The Morgan fingerprint density at radius 2 is 1.86 bits per heavy atom. The number of hydrogen-bond donors (Lipinski definition) is 1. The summed E-state index contributed by atoms with van der Waals surface area (Å²) in [5.41, 5.74) is 2.09. The molecular weight excluding hydrogens is 501 g/mol. The maximum absolute atomic E-state index is 11.9. The third-order valence-corrected chi connectivity index (χ3v) is 5.34. The van der Waals surface area contributed by atoms with E-state index in [-0.39, 0.29) is 30.1 Å². The summed E-state index contributed by atoms with van der Waals surface area (Å²) in [5, 5.41) is 6.42. The normalized spacial score (nSPS) is 14.3. The number of hydrogen-bond acceptors (Lipinski definition) is 5. The third kappa shape index (κ3) is 6.56. The number of halogens is 1. The van der Waals surface area contributed by atoms with Crippen LogP contribution in [0.3, 0.4) is 0 Å². The number of piperazine rings is 1. The molecule has 158 valence electrons. The van der Waals surface area contributed by atoms with Crippen molar-refractivity contribution in [2.24, 2.45) is 4.99 Å². The molecule has 1 amide bonds. The lowest BCUT2D eigenvalue weighted by Gasteiger charge is -2.35. The van der Waals surface area contributed by atoms with E-state index in [0.29, 0.717) is 26.2 Å². The second kappa shape index (κ2) is 12.0. The van der Waals surface area contributed by atoms with Gasteiger partial charge in [0.15, 0.2) is 5.96 Å². The van der Waals surface area contributed by atoms with Crippen LogP contribution in [0.25, 0.3) is 10.6 Å². The first-order valence-electron chi connectivity index (χ1n) is 9.66. The number of rotatable bonds is 5. The van der Waals surface area contributed by atoms with Crippen LogP contribution in [-0.2, 0) is 11.3 Å². The Morgan fingerprint density at radius 1 is 1.17 bits per heavy atom. The fraction of sp³-hybridized carbons (Fsp3) is 0.450. The lowest BCUT2D eigenvalue weighted by molar-refractivity contribution is 0.0914. The molecule has 1 aliphatic heterocycles. The summed E-state index contributed by atoms with van der Waals surface area (Å²) in [6.07, 6.45) is -0.236. The van der Waals surface area contributed by atoms with Crippen molar-refractivity contribution in [1.29, 1.82) is 0 Å². The van der Waals surface area contributed by atoms with Crippen LogP contribution in [0.2, 0.25) is 0 Å². The van der Waals surface area contributed by atoms with Crippen molar-refractivity contribution >= 4 is 47.4 Å². The van der Waals surface area contributed by atoms with Gasteiger partial charge in [0, 0.05) is 43.7 Å². The van der Waals surface area contributed by atoms with E-state index in [4.69, 9.17) is 14.7 Å². The van der Waals surface area contributed by atoms with Gasteiger partial charge in [-0.25, -0.2) is 14.8 Å². The van der Waals surface area contributed by atoms with Crippen molar-refractivity contribution in [3.63, 3.8) is 0 Å². The molecule has 1 aromatic carbocycles. The van der Waals surface area contributed by atoms with Gasteiger partial charge in [0.1, 0.15) is 5.01 Å². The second-order valence-electron chi connectivity index (χ2n) is 6.35. The van der Waals surface area contributed by atoms with Crippen LogP contribution in [0.15, 0.2) is 40.7 Å². The number of carbonyl (C=O) groups is 1. The van der Waals surface area contributed by atoms with E-state index in [1.54, 1.807) is 16.2 Å². The molecule has 2 aromatic rings. The van der Waals surface area contributed by atoms with Gasteiger partial charge in [0.25, 0.3) is 0 Å². The van der Waals surface area contributed by atoms with Gasteiger partial charge in [-0.3, -0.25) is 0 Å². The Hall–Kier alpha value is -1.88. The molecule has 2 heterocycles. The molecule has 1 fully saturated rings. The van der Waals surface area contributed by atoms with E-state index in [1.165, 1.54) is 0 Å². The minimum atomic E-state index is -0.236. The van der Waals surface area contributed by atoms with E-state index in [9.17, 15) is 4.79 Å². The topological polar surface area (TPSA) is 70.1 Å². The number of thiazole rings is 1. The molecule has 0 bridgehead atoms. The van der Waals surface area contributed by atoms with Gasteiger partial charge in [-0.2, -0.15) is 0 Å². The number of nitrogens with zero attached hydrogens (tertiary/aromatic N) is 4. The fourth-order valence-electron chi connectivity index (χ4n) is 2.99. The summed E-state index contributed by atoms with van der Waals surface area (Å²) >= 11 is 1.64. The molecule has 1 aliphatic rings. The number of aliphatic imine (C=N–C) groups is 1. The maximum Gasteiger partial charge on any atom is 0.409 e. The van der Waals surface area contributed by atoms with Crippen LogP contribution >= 0.6 is 35.3 Å². The van der Waals surface area contributed by atoms with Crippen LogP contribution in [0.5, 0.6) is 0 Å². The zero-order valence-corrected chi connectivity index (χ0v) is 20.0. The molecule has 9 heteroatoms. The number of benzene rings is 1. The number of ether oxygens (including phenoxy) is 1. The highest BCUT2D eigenvalue weighted by atomic mass is 127. The standard InChI is InChI=1S/C20H27N5O2S.HI/c1-3-21-19(24-10-12-25(13-11-24)20(26)27-4-2)22-14-17-15-28-18(23-17)16-8-6-5-7-9-16;/h5-9,15H,3-4,10-14H2,1-2H3,(H,21,22);1H. The summed E-state index contributed by atoms with van der Waals surface area (Å²) in [5.74, 6) is 0.861. The maximum atomic E-state index is 11.9. The third-order valence-electron chi connectivity index (χ3n) is 4.40. The predicted octanol–water partition coefficient (Wildman–Crippen LogP) is 3.67. The van der Waals surface area contributed by atoms with Gasteiger partial charge in [-0.1, -0.05) is 30.3 Å². The highest BCUT2D eigenvalue weighted by molar-refractivity contribution is 14.0. The van der Waals surface area contributed by atoms with Crippen LogP contribution in [0.1, 0.15) is 19.5 Å². The molecule has 1 saturated heterocycles. The molecule has 1 aromatic heterocycles. The highest BCUT2D eigenvalue weighted by Gasteiger charge is 2.23. The molecule has 0 atom stereocenters. The van der Waals surface area contributed by atoms with Gasteiger partial charge in [0.05, 0.1) is 18.8 Å². The van der Waals surface area contributed by atoms with Crippen LogP contribution in [0.4, 0.5) is 4.79 Å². The van der Waals surface area contributed by atoms with E-state index in [0.717, 1.165) is 41.9 Å². The Bertz CT molecular complexity index is 791. The van der Waals surface area contributed by atoms with Crippen LogP contribution in [0, 0.1) is 0 Å². The molecule has 0 aliphatic carbocycles. The fourth-order valence-corrected chi connectivity index (χ4v) is 3.81. The Kier molecular flexibility index (Phi) is 9.65. The molecule has 0 saturated carbocycles. The van der Waals surface area contributed by atoms with Crippen molar-refractivity contribution in [2.75, 3.05) is 39.3 Å². The predicted molar refractivity (Wildman–Crippen MR) is 128 cm³/mol. The smallest absolute Gasteiger partial charge is 0.409 e. The lowest BCUT2D eigenvalue weighted by Crippen LogP contribution is -2.53.